The van der Waals surface area contributed by atoms with Gasteiger partial charge >= 0.3 is 0 Å². The van der Waals surface area contributed by atoms with Crippen LogP contribution in [0.2, 0.25) is 0 Å². The topological polar surface area (TPSA) is 92.5 Å². The van der Waals surface area contributed by atoms with Crippen LogP contribution in [0.15, 0.2) is 28.7 Å². The monoisotopic (exact) mass is 417 g/mol. The molecular formula is C16H21BrClN3O3. The van der Waals surface area contributed by atoms with Gasteiger partial charge in [0.1, 0.15) is 11.6 Å². The van der Waals surface area contributed by atoms with Crippen LogP contribution in [0.4, 0.5) is 0 Å². The molecule has 24 heavy (non-hydrogen) atoms. The number of carbonyl (C=O) groups is 3. The highest BCUT2D eigenvalue weighted by Crippen LogP contribution is 2.22. The van der Waals surface area contributed by atoms with Crippen molar-refractivity contribution in [3.63, 3.8) is 0 Å². The summed E-state index contributed by atoms with van der Waals surface area (Å²) in [6.07, 6.45) is -0.0286. The van der Waals surface area contributed by atoms with Crippen LogP contribution in [0.5, 0.6) is 0 Å². The van der Waals surface area contributed by atoms with Crippen molar-refractivity contribution >= 4 is 46.1 Å². The third-order valence-corrected chi connectivity index (χ3v) is 4.45. The second kappa shape index (κ2) is 7.63. The third-order valence-electron chi connectivity index (χ3n) is 3.92. The molecule has 0 aliphatic carbocycles. The quantitative estimate of drug-likeness (QED) is 0.728. The first-order chi connectivity index (χ1) is 10.6. The molecule has 1 saturated heterocycles. The Kier molecular flexibility index (Phi) is 6.55. The SMILES string of the molecule is CC(C)N1C(=O)CC(NC(=O)C(C)(N)c2ccc(Br)cc2)C1=O.Cl. The Morgan fingerprint density at radius 2 is 1.88 bits per heavy atom. The third kappa shape index (κ3) is 3.96. The highest BCUT2D eigenvalue weighted by Gasteiger charge is 2.42. The molecule has 1 fully saturated rings. The number of imide groups is 1. The molecule has 6 nitrogen and oxygen atoms in total. The van der Waals surface area contributed by atoms with E-state index in [1.807, 2.05) is 0 Å². The van der Waals surface area contributed by atoms with Gasteiger partial charge in [0.2, 0.25) is 11.8 Å². The maximum absolute atomic E-state index is 12.5. The van der Waals surface area contributed by atoms with Gasteiger partial charge < -0.3 is 11.1 Å². The summed E-state index contributed by atoms with van der Waals surface area (Å²) in [6.45, 7) is 5.09. The van der Waals surface area contributed by atoms with Crippen molar-refractivity contribution in [3.05, 3.63) is 34.3 Å². The van der Waals surface area contributed by atoms with Crippen LogP contribution in [0.3, 0.4) is 0 Å². The molecule has 1 heterocycles. The Bertz CT molecular complexity index is 646. The zero-order valence-corrected chi connectivity index (χ0v) is 16.1. The molecule has 8 heteroatoms. The average molecular weight is 419 g/mol. The van der Waals surface area contributed by atoms with Crippen molar-refractivity contribution < 1.29 is 14.4 Å². The first kappa shape index (κ1) is 20.6. The van der Waals surface area contributed by atoms with Gasteiger partial charge in [0, 0.05) is 10.5 Å². The van der Waals surface area contributed by atoms with Crippen molar-refractivity contribution in [2.75, 3.05) is 0 Å². The van der Waals surface area contributed by atoms with E-state index in [1.165, 1.54) is 4.90 Å². The second-order valence-electron chi connectivity index (χ2n) is 6.14. The Hall–Kier alpha value is -1.44. The van der Waals surface area contributed by atoms with E-state index in [4.69, 9.17) is 5.73 Å². The van der Waals surface area contributed by atoms with Gasteiger partial charge in [-0.3, -0.25) is 19.3 Å². The van der Waals surface area contributed by atoms with Crippen LogP contribution < -0.4 is 11.1 Å². The van der Waals surface area contributed by atoms with Gasteiger partial charge in [-0.1, -0.05) is 28.1 Å². The number of rotatable bonds is 4. The Morgan fingerprint density at radius 1 is 1.33 bits per heavy atom. The van der Waals surface area contributed by atoms with Crippen molar-refractivity contribution in [2.24, 2.45) is 5.73 Å². The van der Waals surface area contributed by atoms with E-state index in [2.05, 4.69) is 21.2 Å². The summed E-state index contributed by atoms with van der Waals surface area (Å²) in [6, 6.07) is 5.98. The van der Waals surface area contributed by atoms with Gasteiger partial charge in [0.25, 0.3) is 5.91 Å². The maximum Gasteiger partial charge on any atom is 0.252 e. The lowest BCUT2D eigenvalue weighted by Crippen LogP contribution is -2.53. The van der Waals surface area contributed by atoms with Gasteiger partial charge in [-0.05, 0) is 38.5 Å². The number of hydrogen-bond donors (Lipinski definition) is 2. The number of carbonyl (C=O) groups excluding carboxylic acids is 3. The average Bonchev–Trinajstić information content (AvgIpc) is 2.73. The Morgan fingerprint density at radius 3 is 2.33 bits per heavy atom. The van der Waals surface area contributed by atoms with Crippen LogP contribution >= 0.6 is 28.3 Å². The van der Waals surface area contributed by atoms with Gasteiger partial charge in [0.05, 0.1) is 6.42 Å². The van der Waals surface area contributed by atoms with E-state index in [0.29, 0.717) is 5.56 Å². The molecular weight excluding hydrogens is 398 g/mol. The lowest BCUT2D eigenvalue weighted by atomic mass is 9.92. The van der Waals surface area contributed by atoms with Crippen molar-refractivity contribution in [1.82, 2.24) is 10.2 Å². The minimum atomic E-state index is -1.30. The Balaban J connectivity index is 0.00000288. The highest BCUT2D eigenvalue weighted by atomic mass is 79.9. The molecule has 1 aromatic carbocycles. The molecule has 2 unspecified atom stereocenters. The number of nitrogens with one attached hydrogen (secondary N) is 1. The molecule has 0 saturated carbocycles. The summed E-state index contributed by atoms with van der Waals surface area (Å²) in [5.74, 6) is -1.15. The number of likely N-dealkylation sites (tertiary alicyclic amines) is 1. The van der Waals surface area contributed by atoms with Gasteiger partial charge in [-0.15, -0.1) is 12.4 Å². The zero-order valence-electron chi connectivity index (χ0n) is 13.7. The molecule has 0 spiro atoms. The van der Waals surface area contributed by atoms with E-state index >= 15 is 0 Å². The molecule has 132 valence electrons. The largest absolute Gasteiger partial charge is 0.342 e. The molecule has 3 amide bonds. The fraction of sp³-hybridized carbons (Fsp3) is 0.438. The first-order valence-corrected chi connectivity index (χ1v) is 8.15. The minimum absolute atomic E-state index is 0. The summed E-state index contributed by atoms with van der Waals surface area (Å²) in [5.41, 5.74) is 5.47. The first-order valence-electron chi connectivity index (χ1n) is 7.36. The van der Waals surface area contributed by atoms with Crippen molar-refractivity contribution in [3.8, 4) is 0 Å². The number of halogens is 2. The maximum atomic E-state index is 12.5. The molecule has 0 bridgehead atoms. The van der Waals surface area contributed by atoms with Crippen LogP contribution in [0.1, 0.15) is 32.8 Å². The molecule has 1 aliphatic heterocycles. The highest BCUT2D eigenvalue weighted by molar-refractivity contribution is 9.10. The predicted octanol–water partition coefficient (Wildman–Crippen LogP) is 1.70. The number of nitrogens with two attached hydrogens (primary N) is 1. The van der Waals surface area contributed by atoms with Crippen molar-refractivity contribution in [1.29, 1.82) is 0 Å². The molecule has 3 N–H and O–H groups in total. The van der Waals surface area contributed by atoms with E-state index < -0.39 is 17.5 Å². The molecule has 0 aromatic heterocycles. The Labute approximate surface area is 155 Å². The molecule has 2 atom stereocenters. The lowest BCUT2D eigenvalue weighted by Gasteiger charge is -2.26. The minimum Gasteiger partial charge on any atom is -0.342 e. The van der Waals surface area contributed by atoms with E-state index in [9.17, 15) is 14.4 Å². The van der Waals surface area contributed by atoms with E-state index in [-0.39, 0.29) is 36.7 Å². The summed E-state index contributed by atoms with van der Waals surface area (Å²) in [4.78, 5) is 37.8. The van der Waals surface area contributed by atoms with Crippen LogP contribution in [0, 0.1) is 0 Å². The zero-order chi connectivity index (χ0) is 17.4. The summed E-state index contributed by atoms with van der Waals surface area (Å²) in [7, 11) is 0. The van der Waals surface area contributed by atoms with Gasteiger partial charge in [-0.2, -0.15) is 0 Å². The molecule has 1 aromatic rings. The molecule has 0 radical (unpaired) electrons. The number of nitrogens with zero attached hydrogens (tertiary/aromatic N) is 1. The van der Waals surface area contributed by atoms with Crippen LogP contribution in [0.25, 0.3) is 0 Å². The number of benzene rings is 1. The van der Waals surface area contributed by atoms with Gasteiger partial charge in [0.15, 0.2) is 0 Å². The smallest absolute Gasteiger partial charge is 0.252 e. The fourth-order valence-electron chi connectivity index (χ4n) is 2.54. The molecule has 1 aliphatic rings. The van der Waals surface area contributed by atoms with E-state index in [1.54, 1.807) is 45.0 Å². The predicted molar refractivity (Wildman–Crippen MR) is 96.5 cm³/mol. The lowest BCUT2D eigenvalue weighted by molar-refractivity contribution is -0.141. The number of hydrogen-bond acceptors (Lipinski definition) is 4. The normalized spacial score (nSPS) is 19.9. The fourth-order valence-corrected chi connectivity index (χ4v) is 2.81. The van der Waals surface area contributed by atoms with E-state index in [0.717, 1.165) is 4.47 Å². The second-order valence-corrected chi connectivity index (χ2v) is 7.05. The summed E-state index contributed by atoms with van der Waals surface area (Å²) in [5, 5.41) is 2.61. The van der Waals surface area contributed by atoms with Crippen LogP contribution in [-0.2, 0) is 19.9 Å². The van der Waals surface area contributed by atoms with Gasteiger partial charge in [-0.25, -0.2) is 0 Å². The van der Waals surface area contributed by atoms with Crippen LogP contribution in [-0.4, -0.2) is 34.7 Å². The molecule has 2 rings (SSSR count). The summed E-state index contributed by atoms with van der Waals surface area (Å²) >= 11 is 3.33. The number of amides is 3. The van der Waals surface area contributed by atoms with Crippen molar-refractivity contribution in [2.45, 2.75) is 44.8 Å². The standard InChI is InChI=1S/C16H20BrN3O3.ClH/c1-9(2)20-13(21)8-12(14(20)22)19-15(23)16(3,18)10-4-6-11(17)7-5-10;/h4-7,9,12H,8,18H2,1-3H3,(H,19,23);1H. The summed E-state index contributed by atoms with van der Waals surface area (Å²) < 4.78 is 0.876.